The fraction of sp³-hybridized carbons (Fsp3) is 0.231. The first-order chi connectivity index (χ1) is 9.04. The van der Waals surface area contributed by atoms with Gasteiger partial charge in [0.05, 0.1) is 6.04 Å². The highest BCUT2D eigenvalue weighted by Crippen LogP contribution is 2.19. The number of carbonyl (C=O) groups excluding carboxylic acids is 1. The number of hydrogen-bond acceptors (Lipinski definition) is 4. The lowest BCUT2D eigenvalue weighted by Crippen LogP contribution is -2.31. The van der Waals surface area contributed by atoms with E-state index in [-0.39, 0.29) is 12.1 Å². The van der Waals surface area contributed by atoms with E-state index in [2.05, 4.69) is 15.6 Å². The molecule has 0 aliphatic heterocycles. The van der Waals surface area contributed by atoms with E-state index in [1.165, 1.54) is 0 Å². The number of amides is 2. The molecule has 1 aromatic carbocycles. The molecule has 100 valence electrons. The van der Waals surface area contributed by atoms with Crippen LogP contribution in [0.2, 0.25) is 0 Å². The number of carbonyl (C=O) groups is 1. The summed E-state index contributed by atoms with van der Waals surface area (Å²) in [4.78, 5) is 17.2. The van der Waals surface area contributed by atoms with E-state index in [0.29, 0.717) is 11.4 Å². The van der Waals surface area contributed by atoms with Gasteiger partial charge in [0.25, 0.3) is 0 Å². The molecule has 0 aliphatic carbocycles. The van der Waals surface area contributed by atoms with Crippen molar-refractivity contribution >= 4 is 28.7 Å². The lowest BCUT2D eigenvalue weighted by Gasteiger charge is -2.12. The zero-order chi connectivity index (χ0) is 13.8. The second-order valence-corrected chi connectivity index (χ2v) is 5.52. The molecule has 0 fully saturated rings. The molecule has 2 amide bonds. The number of nitrogen functional groups attached to an aromatic ring is 1. The largest absolute Gasteiger partial charge is 0.399 e. The van der Waals surface area contributed by atoms with Crippen LogP contribution in [0.4, 0.5) is 16.2 Å². The van der Waals surface area contributed by atoms with Crippen LogP contribution in [0.25, 0.3) is 0 Å². The Labute approximate surface area is 115 Å². The van der Waals surface area contributed by atoms with Gasteiger partial charge in [0.1, 0.15) is 5.01 Å². The SMILES string of the molecule is Cc1cnc(C(C)NC(=O)Nc2ccc(N)cc2)s1. The first-order valence-corrected chi connectivity index (χ1v) is 6.71. The molecule has 0 saturated carbocycles. The number of aromatic nitrogens is 1. The van der Waals surface area contributed by atoms with Crippen molar-refractivity contribution in [1.29, 1.82) is 0 Å². The Morgan fingerprint density at radius 1 is 1.37 bits per heavy atom. The highest BCUT2D eigenvalue weighted by Gasteiger charge is 2.12. The zero-order valence-corrected chi connectivity index (χ0v) is 11.6. The number of hydrogen-bond donors (Lipinski definition) is 3. The number of anilines is 2. The third kappa shape index (κ3) is 3.69. The van der Waals surface area contributed by atoms with E-state index in [9.17, 15) is 4.79 Å². The number of aryl methyl sites for hydroxylation is 1. The monoisotopic (exact) mass is 276 g/mol. The van der Waals surface area contributed by atoms with Crippen LogP contribution >= 0.6 is 11.3 Å². The van der Waals surface area contributed by atoms with Crippen molar-refractivity contribution in [2.24, 2.45) is 0 Å². The normalized spacial score (nSPS) is 11.9. The zero-order valence-electron chi connectivity index (χ0n) is 10.8. The topological polar surface area (TPSA) is 80.0 Å². The van der Waals surface area contributed by atoms with Crippen molar-refractivity contribution in [3.05, 3.63) is 40.3 Å². The van der Waals surface area contributed by atoms with Crippen molar-refractivity contribution in [1.82, 2.24) is 10.3 Å². The summed E-state index contributed by atoms with van der Waals surface area (Å²) < 4.78 is 0. The minimum absolute atomic E-state index is 0.118. The molecule has 1 unspecified atom stereocenters. The minimum atomic E-state index is -0.259. The minimum Gasteiger partial charge on any atom is -0.399 e. The number of urea groups is 1. The first-order valence-electron chi connectivity index (χ1n) is 5.90. The average Bonchev–Trinajstić information content (AvgIpc) is 2.79. The number of rotatable bonds is 3. The Bertz CT molecular complexity index is 564. The number of thiazole rings is 1. The maximum atomic E-state index is 11.8. The molecule has 5 nitrogen and oxygen atoms in total. The summed E-state index contributed by atoms with van der Waals surface area (Å²) in [6, 6.07) is 6.62. The highest BCUT2D eigenvalue weighted by molar-refractivity contribution is 7.11. The van der Waals surface area contributed by atoms with Crippen molar-refractivity contribution in [2.75, 3.05) is 11.1 Å². The molecular formula is C13H16N4OS. The van der Waals surface area contributed by atoms with Crippen LogP contribution in [0.1, 0.15) is 22.9 Å². The van der Waals surface area contributed by atoms with Crippen LogP contribution in [0, 0.1) is 6.92 Å². The average molecular weight is 276 g/mol. The van der Waals surface area contributed by atoms with Gasteiger partial charge in [0, 0.05) is 22.4 Å². The molecule has 2 rings (SSSR count). The van der Waals surface area contributed by atoms with Crippen LogP contribution < -0.4 is 16.4 Å². The van der Waals surface area contributed by atoms with Crippen molar-refractivity contribution < 1.29 is 4.79 Å². The van der Waals surface area contributed by atoms with E-state index in [0.717, 1.165) is 9.88 Å². The third-order valence-corrected chi connectivity index (χ3v) is 3.62. The van der Waals surface area contributed by atoms with Crippen LogP contribution in [0.3, 0.4) is 0 Å². The molecule has 0 saturated heterocycles. The van der Waals surface area contributed by atoms with E-state index >= 15 is 0 Å². The molecule has 2 aromatic rings. The quantitative estimate of drug-likeness (QED) is 0.754. The molecule has 4 N–H and O–H groups in total. The lowest BCUT2D eigenvalue weighted by atomic mass is 10.3. The number of benzene rings is 1. The fourth-order valence-corrected chi connectivity index (χ4v) is 2.34. The van der Waals surface area contributed by atoms with Gasteiger partial charge in [0.2, 0.25) is 0 Å². The van der Waals surface area contributed by atoms with E-state index < -0.39 is 0 Å². The van der Waals surface area contributed by atoms with Gasteiger partial charge in [-0.25, -0.2) is 9.78 Å². The summed E-state index contributed by atoms with van der Waals surface area (Å²) in [6.45, 7) is 3.89. The molecular weight excluding hydrogens is 260 g/mol. The van der Waals surface area contributed by atoms with Gasteiger partial charge >= 0.3 is 6.03 Å². The van der Waals surface area contributed by atoms with Crippen molar-refractivity contribution in [2.45, 2.75) is 19.9 Å². The standard InChI is InChI=1S/C13H16N4OS/c1-8-7-15-12(19-8)9(2)16-13(18)17-11-5-3-10(14)4-6-11/h3-7,9H,14H2,1-2H3,(H2,16,17,18). The van der Waals surface area contributed by atoms with Gasteiger partial charge in [-0.05, 0) is 38.1 Å². The van der Waals surface area contributed by atoms with Crippen LogP contribution in [0.5, 0.6) is 0 Å². The lowest BCUT2D eigenvalue weighted by molar-refractivity contribution is 0.249. The number of nitrogens with two attached hydrogens (primary N) is 1. The van der Waals surface area contributed by atoms with Crippen molar-refractivity contribution in [3.8, 4) is 0 Å². The number of nitrogens with one attached hydrogen (secondary N) is 2. The summed E-state index contributed by atoms with van der Waals surface area (Å²) in [5, 5.41) is 6.48. The summed E-state index contributed by atoms with van der Waals surface area (Å²) in [5.74, 6) is 0. The Morgan fingerprint density at radius 2 is 2.05 bits per heavy atom. The van der Waals surface area contributed by atoms with Crippen LogP contribution in [0.15, 0.2) is 30.5 Å². The molecule has 1 atom stereocenters. The van der Waals surface area contributed by atoms with E-state index in [4.69, 9.17) is 5.73 Å². The summed E-state index contributed by atoms with van der Waals surface area (Å²) in [7, 11) is 0. The Kier molecular flexibility index (Phi) is 4.01. The molecule has 0 spiro atoms. The smallest absolute Gasteiger partial charge is 0.319 e. The summed E-state index contributed by atoms with van der Waals surface area (Å²) in [5.41, 5.74) is 6.95. The molecule has 1 aromatic heterocycles. The molecule has 1 heterocycles. The molecule has 6 heteroatoms. The van der Waals surface area contributed by atoms with Gasteiger partial charge in [-0.1, -0.05) is 0 Å². The summed E-state index contributed by atoms with van der Waals surface area (Å²) >= 11 is 1.58. The molecule has 0 radical (unpaired) electrons. The predicted molar refractivity (Wildman–Crippen MR) is 78.3 cm³/mol. The first kappa shape index (κ1) is 13.4. The van der Waals surface area contributed by atoms with Gasteiger partial charge in [-0.2, -0.15) is 0 Å². The predicted octanol–water partition coefficient (Wildman–Crippen LogP) is 2.92. The van der Waals surface area contributed by atoms with Crippen LogP contribution in [-0.2, 0) is 0 Å². The highest BCUT2D eigenvalue weighted by atomic mass is 32.1. The van der Waals surface area contributed by atoms with Crippen molar-refractivity contribution in [3.63, 3.8) is 0 Å². The van der Waals surface area contributed by atoms with Gasteiger partial charge in [-0.15, -0.1) is 11.3 Å². The van der Waals surface area contributed by atoms with E-state index in [1.54, 1.807) is 41.8 Å². The third-order valence-electron chi connectivity index (χ3n) is 2.53. The fourth-order valence-electron chi connectivity index (χ4n) is 1.56. The Morgan fingerprint density at radius 3 is 2.63 bits per heavy atom. The molecule has 19 heavy (non-hydrogen) atoms. The Balaban J connectivity index is 1.92. The molecule has 0 bridgehead atoms. The second kappa shape index (κ2) is 5.71. The van der Waals surface area contributed by atoms with E-state index in [1.807, 2.05) is 13.8 Å². The van der Waals surface area contributed by atoms with Crippen LogP contribution in [-0.4, -0.2) is 11.0 Å². The molecule has 0 aliphatic rings. The van der Waals surface area contributed by atoms with Gasteiger partial charge in [-0.3, -0.25) is 0 Å². The number of nitrogens with zero attached hydrogens (tertiary/aromatic N) is 1. The second-order valence-electron chi connectivity index (χ2n) is 4.25. The maximum Gasteiger partial charge on any atom is 0.319 e. The summed E-state index contributed by atoms with van der Waals surface area (Å²) in [6.07, 6.45) is 1.80. The Hall–Kier alpha value is -2.08. The maximum absolute atomic E-state index is 11.8. The van der Waals surface area contributed by atoms with Gasteiger partial charge < -0.3 is 16.4 Å². The van der Waals surface area contributed by atoms with Gasteiger partial charge in [0.15, 0.2) is 0 Å².